The van der Waals surface area contributed by atoms with Gasteiger partial charge < -0.3 is 9.47 Å². The molecule has 6 nitrogen and oxygen atoms in total. The molecule has 4 aromatic rings. The lowest BCUT2D eigenvalue weighted by atomic mass is 9.99. The molecule has 0 fully saturated rings. The molecule has 0 spiro atoms. The first-order valence-electron chi connectivity index (χ1n) is 10.2. The highest BCUT2D eigenvalue weighted by Crippen LogP contribution is 2.33. The van der Waals surface area contributed by atoms with Gasteiger partial charge in [-0.25, -0.2) is 8.42 Å². The third-order valence-electron chi connectivity index (χ3n) is 5.56. The lowest BCUT2D eigenvalue weighted by molar-refractivity contribution is 0.0664. The molecule has 1 N–H and O–H groups in total. The zero-order chi connectivity index (χ0) is 22.1. The summed E-state index contributed by atoms with van der Waals surface area (Å²) >= 11 is 1.16. The van der Waals surface area contributed by atoms with Crippen molar-refractivity contribution in [3.05, 3.63) is 107 Å². The van der Waals surface area contributed by atoms with Crippen molar-refractivity contribution < 1.29 is 13.2 Å². The van der Waals surface area contributed by atoms with Gasteiger partial charge in [-0.05, 0) is 53.4 Å². The summed E-state index contributed by atoms with van der Waals surface area (Å²) < 4.78 is 29.9. The normalized spacial score (nSPS) is 15.9. The van der Waals surface area contributed by atoms with Crippen molar-refractivity contribution >= 4 is 33.0 Å². The van der Waals surface area contributed by atoms with Gasteiger partial charge >= 0.3 is 0 Å². The fraction of sp³-hybridized carbons (Fsp3) is 0.125. The molecule has 1 atom stereocenters. The molecule has 1 aliphatic heterocycles. The zero-order valence-electron chi connectivity index (χ0n) is 17.1. The van der Waals surface area contributed by atoms with E-state index in [1.54, 1.807) is 41.8 Å². The Balaban J connectivity index is 1.41. The van der Waals surface area contributed by atoms with Crippen LogP contribution in [0.15, 0.2) is 94.6 Å². The fourth-order valence-electron chi connectivity index (χ4n) is 4.06. The first-order valence-corrected chi connectivity index (χ1v) is 12.6. The quantitative estimate of drug-likeness (QED) is 0.470. The minimum Gasteiger partial charge on any atom is -0.348 e. The van der Waals surface area contributed by atoms with Gasteiger partial charge in [0.1, 0.15) is 4.21 Å². The highest BCUT2D eigenvalue weighted by molar-refractivity contribution is 7.94. The van der Waals surface area contributed by atoms with Crippen LogP contribution in [0.2, 0.25) is 0 Å². The van der Waals surface area contributed by atoms with Gasteiger partial charge in [-0.15, -0.1) is 11.3 Å². The van der Waals surface area contributed by atoms with Gasteiger partial charge in [0.25, 0.3) is 15.9 Å². The first kappa shape index (κ1) is 20.5. The number of carbonyl (C=O) groups excluding carboxylic acids is 1. The molecule has 0 radical (unpaired) electrons. The monoisotopic (exact) mass is 463 g/mol. The molecule has 32 heavy (non-hydrogen) atoms. The predicted molar refractivity (Wildman–Crippen MR) is 125 cm³/mol. The third-order valence-corrected chi connectivity index (χ3v) is 8.34. The topological polar surface area (TPSA) is 71.4 Å². The van der Waals surface area contributed by atoms with Gasteiger partial charge in [-0.1, -0.05) is 36.4 Å². The molecular weight excluding hydrogens is 442 g/mol. The number of nitrogens with one attached hydrogen (secondary N) is 1. The van der Waals surface area contributed by atoms with Gasteiger partial charge in [-0.2, -0.15) is 0 Å². The maximum atomic E-state index is 13.5. The number of sulfonamides is 1. The van der Waals surface area contributed by atoms with Gasteiger partial charge in [0, 0.05) is 36.2 Å². The molecule has 5 rings (SSSR count). The number of aromatic nitrogens is 1. The maximum Gasteiger partial charge on any atom is 0.271 e. The van der Waals surface area contributed by atoms with Crippen LogP contribution in [0, 0.1) is 0 Å². The van der Waals surface area contributed by atoms with E-state index in [9.17, 15) is 13.2 Å². The van der Waals surface area contributed by atoms with Crippen LogP contribution in [-0.2, 0) is 16.6 Å². The minimum atomic E-state index is -3.63. The van der Waals surface area contributed by atoms with Gasteiger partial charge in [0.2, 0.25) is 0 Å². The summed E-state index contributed by atoms with van der Waals surface area (Å²) in [4.78, 5) is 15.4. The molecule has 162 valence electrons. The molecule has 2 aromatic carbocycles. The average molecular weight is 464 g/mol. The van der Waals surface area contributed by atoms with Crippen LogP contribution in [0.5, 0.6) is 0 Å². The van der Waals surface area contributed by atoms with E-state index in [-0.39, 0.29) is 16.2 Å². The molecule has 2 aromatic heterocycles. The predicted octanol–water partition coefficient (Wildman–Crippen LogP) is 4.60. The van der Waals surface area contributed by atoms with Gasteiger partial charge in [-0.3, -0.25) is 9.52 Å². The van der Waals surface area contributed by atoms with E-state index in [4.69, 9.17) is 0 Å². The minimum absolute atomic E-state index is 0.0843. The van der Waals surface area contributed by atoms with Crippen molar-refractivity contribution in [1.29, 1.82) is 0 Å². The summed E-state index contributed by atoms with van der Waals surface area (Å²) in [6, 6.07) is 23.7. The summed E-state index contributed by atoms with van der Waals surface area (Å²) in [5.41, 5.74) is 3.07. The summed E-state index contributed by atoms with van der Waals surface area (Å²) in [6.45, 7) is 1.32. The van der Waals surface area contributed by atoms with Crippen molar-refractivity contribution in [3.63, 3.8) is 0 Å². The van der Waals surface area contributed by atoms with E-state index in [0.29, 0.717) is 17.8 Å². The number of hydrogen-bond donors (Lipinski definition) is 1. The highest BCUT2D eigenvalue weighted by Gasteiger charge is 2.32. The third kappa shape index (κ3) is 3.83. The van der Waals surface area contributed by atoms with Crippen LogP contribution >= 0.6 is 11.3 Å². The SMILES string of the molecule is O=C(c1ccc(NS(=O)(=O)c2cccs2)cc1)N1CCn2cccc2C1c1ccccc1. The first-order chi connectivity index (χ1) is 15.5. The Kier molecular flexibility index (Phi) is 5.32. The van der Waals surface area contributed by atoms with E-state index in [0.717, 1.165) is 29.1 Å². The summed E-state index contributed by atoms with van der Waals surface area (Å²) in [6.07, 6.45) is 2.04. The summed E-state index contributed by atoms with van der Waals surface area (Å²) in [5, 5.41) is 1.72. The lowest BCUT2D eigenvalue weighted by Gasteiger charge is -2.37. The molecule has 3 heterocycles. The Bertz CT molecular complexity index is 1330. The number of thiophene rings is 1. The Morgan fingerprint density at radius 3 is 2.41 bits per heavy atom. The maximum absolute atomic E-state index is 13.5. The smallest absolute Gasteiger partial charge is 0.271 e. The molecule has 8 heteroatoms. The Hall–Kier alpha value is -3.36. The second-order valence-corrected chi connectivity index (χ2v) is 10.4. The van der Waals surface area contributed by atoms with Crippen molar-refractivity contribution in [1.82, 2.24) is 9.47 Å². The van der Waals surface area contributed by atoms with E-state index in [1.807, 2.05) is 47.5 Å². The largest absolute Gasteiger partial charge is 0.348 e. The molecule has 0 saturated heterocycles. The number of carbonyl (C=O) groups is 1. The molecular formula is C24H21N3O3S2. The zero-order valence-corrected chi connectivity index (χ0v) is 18.7. The number of anilines is 1. The molecule has 0 saturated carbocycles. The van der Waals surface area contributed by atoms with Crippen LogP contribution in [0.3, 0.4) is 0 Å². The Labute approximate surface area is 190 Å². The van der Waals surface area contributed by atoms with Crippen molar-refractivity contribution in [2.75, 3.05) is 11.3 Å². The molecule has 0 bridgehead atoms. The van der Waals surface area contributed by atoms with E-state index in [2.05, 4.69) is 15.4 Å². The second-order valence-electron chi connectivity index (χ2n) is 7.55. The summed E-state index contributed by atoms with van der Waals surface area (Å²) in [7, 11) is -3.63. The number of amides is 1. The Morgan fingerprint density at radius 2 is 1.69 bits per heavy atom. The average Bonchev–Trinajstić information content (AvgIpc) is 3.51. The van der Waals surface area contributed by atoms with Crippen molar-refractivity contribution in [2.45, 2.75) is 16.8 Å². The summed E-state index contributed by atoms with van der Waals surface area (Å²) in [5.74, 6) is -0.0843. The van der Waals surface area contributed by atoms with Gasteiger partial charge in [0.05, 0.1) is 6.04 Å². The molecule has 1 aliphatic rings. The fourth-order valence-corrected chi connectivity index (χ4v) is 6.11. The lowest BCUT2D eigenvalue weighted by Crippen LogP contribution is -2.42. The van der Waals surface area contributed by atoms with Crippen LogP contribution in [-0.4, -0.2) is 30.3 Å². The molecule has 1 amide bonds. The molecule has 1 unspecified atom stereocenters. The molecule has 0 aliphatic carbocycles. The van der Waals surface area contributed by atoms with E-state index < -0.39 is 10.0 Å². The van der Waals surface area contributed by atoms with E-state index in [1.165, 1.54) is 0 Å². The highest BCUT2D eigenvalue weighted by atomic mass is 32.2. The standard InChI is InChI=1S/C24H21N3O3S2/c28-24(19-10-12-20(13-11-19)25-32(29,30)22-9-5-17-31-22)27-16-15-26-14-4-8-21(26)23(27)18-6-2-1-3-7-18/h1-14,17,23,25H,15-16H2. The van der Waals surface area contributed by atoms with Crippen LogP contribution in [0.25, 0.3) is 0 Å². The van der Waals surface area contributed by atoms with Crippen LogP contribution in [0.4, 0.5) is 5.69 Å². The Morgan fingerprint density at radius 1 is 0.906 bits per heavy atom. The number of nitrogens with zero attached hydrogens (tertiary/aromatic N) is 2. The van der Waals surface area contributed by atoms with Crippen LogP contribution in [0.1, 0.15) is 27.7 Å². The number of fused-ring (bicyclic) bond motifs is 1. The second kappa shape index (κ2) is 8.29. The van der Waals surface area contributed by atoms with Crippen molar-refractivity contribution in [3.8, 4) is 0 Å². The van der Waals surface area contributed by atoms with Crippen LogP contribution < -0.4 is 4.72 Å². The number of rotatable bonds is 5. The van der Waals surface area contributed by atoms with Gasteiger partial charge in [0.15, 0.2) is 0 Å². The van der Waals surface area contributed by atoms with E-state index >= 15 is 0 Å². The number of benzene rings is 2. The number of hydrogen-bond acceptors (Lipinski definition) is 4. The van der Waals surface area contributed by atoms with Crippen molar-refractivity contribution in [2.24, 2.45) is 0 Å².